The van der Waals surface area contributed by atoms with Gasteiger partial charge in [-0.15, -0.1) is 11.6 Å². The summed E-state index contributed by atoms with van der Waals surface area (Å²) in [5, 5.41) is 6.99. The second-order valence-electron chi connectivity index (χ2n) is 6.00. The number of amides is 1. The van der Waals surface area contributed by atoms with Gasteiger partial charge >= 0.3 is 0 Å². The van der Waals surface area contributed by atoms with Crippen molar-refractivity contribution in [1.29, 1.82) is 0 Å². The fourth-order valence-electron chi connectivity index (χ4n) is 2.23. The molecule has 1 amide bonds. The SMILES string of the molecule is C=C/C=C(F)\C=C/C(=C)CNC(=O)Cn1nc(C(/C=C(/F)CCl)=C/C=C)nc1CC. The van der Waals surface area contributed by atoms with Crippen LogP contribution in [0.4, 0.5) is 8.78 Å². The smallest absolute Gasteiger partial charge is 0.242 e. The Kier molecular flexibility index (Phi) is 11.0. The first-order chi connectivity index (χ1) is 14.3. The van der Waals surface area contributed by atoms with Crippen molar-refractivity contribution in [2.75, 3.05) is 12.4 Å². The van der Waals surface area contributed by atoms with Crippen molar-refractivity contribution in [1.82, 2.24) is 20.1 Å². The molecule has 0 saturated heterocycles. The zero-order chi connectivity index (χ0) is 22.5. The summed E-state index contributed by atoms with van der Waals surface area (Å²) in [6.07, 6.45) is 10.0. The molecule has 0 fully saturated rings. The molecule has 1 N–H and O–H groups in total. The lowest BCUT2D eigenvalue weighted by molar-refractivity contribution is -0.121. The monoisotopic (exact) mass is 434 g/mol. The lowest BCUT2D eigenvalue weighted by atomic mass is 10.2. The van der Waals surface area contributed by atoms with Gasteiger partial charge in [0.2, 0.25) is 5.91 Å². The molecular formula is C22H25ClF2N4O. The molecular weight excluding hydrogens is 410 g/mol. The Hall–Kier alpha value is -3.06. The zero-order valence-corrected chi connectivity index (χ0v) is 17.6. The lowest BCUT2D eigenvalue weighted by Crippen LogP contribution is -2.30. The van der Waals surface area contributed by atoms with Gasteiger partial charge in [0.05, 0.1) is 5.88 Å². The zero-order valence-electron chi connectivity index (χ0n) is 16.9. The lowest BCUT2D eigenvalue weighted by Gasteiger charge is -2.06. The summed E-state index contributed by atoms with van der Waals surface area (Å²) >= 11 is 5.50. The van der Waals surface area contributed by atoms with Crippen LogP contribution in [-0.4, -0.2) is 33.1 Å². The first-order valence-corrected chi connectivity index (χ1v) is 9.67. The molecule has 0 radical (unpaired) electrons. The minimum atomic E-state index is -0.539. The predicted octanol–water partition coefficient (Wildman–Crippen LogP) is 4.77. The van der Waals surface area contributed by atoms with E-state index in [1.165, 1.54) is 41.1 Å². The summed E-state index contributed by atoms with van der Waals surface area (Å²) < 4.78 is 28.3. The number of carbonyl (C=O) groups is 1. The van der Waals surface area contributed by atoms with E-state index in [0.717, 1.165) is 0 Å². The molecule has 1 heterocycles. The third-order valence-electron chi connectivity index (χ3n) is 3.62. The summed E-state index contributed by atoms with van der Waals surface area (Å²) in [4.78, 5) is 16.6. The second-order valence-corrected chi connectivity index (χ2v) is 6.27. The van der Waals surface area contributed by atoms with Crippen LogP contribution in [0.15, 0.2) is 79.5 Å². The van der Waals surface area contributed by atoms with Crippen LogP contribution in [0.1, 0.15) is 18.6 Å². The summed E-state index contributed by atoms with van der Waals surface area (Å²) in [5.74, 6) is -0.786. The van der Waals surface area contributed by atoms with Crippen molar-refractivity contribution >= 4 is 23.1 Å². The molecule has 0 unspecified atom stereocenters. The molecule has 30 heavy (non-hydrogen) atoms. The van der Waals surface area contributed by atoms with Crippen molar-refractivity contribution < 1.29 is 13.6 Å². The Balaban J connectivity index is 2.86. The number of aromatic nitrogens is 3. The van der Waals surface area contributed by atoms with E-state index in [4.69, 9.17) is 11.6 Å². The van der Waals surface area contributed by atoms with Crippen molar-refractivity contribution in [3.05, 3.63) is 91.1 Å². The number of hydrogen-bond donors (Lipinski definition) is 1. The topological polar surface area (TPSA) is 59.8 Å². The third kappa shape index (κ3) is 8.53. The summed E-state index contributed by atoms with van der Waals surface area (Å²) in [7, 11) is 0. The Morgan fingerprint density at radius 3 is 2.53 bits per heavy atom. The number of allylic oxidation sites excluding steroid dienone is 9. The van der Waals surface area contributed by atoms with E-state index in [9.17, 15) is 13.6 Å². The number of nitrogens with zero attached hydrogens (tertiary/aromatic N) is 3. The quantitative estimate of drug-likeness (QED) is 0.381. The van der Waals surface area contributed by atoms with Crippen LogP contribution in [-0.2, 0) is 17.8 Å². The number of alkyl halides is 1. The van der Waals surface area contributed by atoms with E-state index in [-0.39, 0.29) is 30.7 Å². The normalized spacial score (nSPS) is 12.9. The van der Waals surface area contributed by atoms with Crippen molar-refractivity contribution in [3.8, 4) is 0 Å². The number of carbonyl (C=O) groups excluding carboxylic acids is 1. The molecule has 0 aromatic carbocycles. The Bertz CT molecular complexity index is 910. The molecule has 160 valence electrons. The average Bonchev–Trinajstić information content (AvgIpc) is 3.13. The molecule has 1 rings (SSSR count). The average molecular weight is 435 g/mol. The van der Waals surface area contributed by atoms with Gasteiger partial charge < -0.3 is 5.32 Å². The molecule has 1 aromatic rings. The molecule has 5 nitrogen and oxygen atoms in total. The van der Waals surface area contributed by atoms with Gasteiger partial charge in [-0.05, 0) is 23.8 Å². The van der Waals surface area contributed by atoms with Gasteiger partial charge in [-0.3, -0.25) is 4.79 Å². The number of hydrogen-bond acceptors (Lipinski definition) is 3. The first kappa shape index (κ1) is 25.0. The van der Waals surface area contributed by atoms with Crippen molar-refractivity contribution in [2.24, 2.45) is 0 Å². The van der Waals surface area contributed by atoms with Gasteiger partial charge in [0, 0.05) is 18.5 Å². The standard InChI is InChI=1S/C22H25ClF2N4O/c1-5-8-17(12-19(25)13-23)22-27-20(7-3)29(28-22)15-21(30)26-14-16(4)10-11-18(24)9-6-2/h5-6,8-12H,1-2,4,7,13-15H2,3H3,(H,26,30)/b11-10-,17-8+,18-9+,19-12+. The summed E-state index contributed by atoms with van der Waals surface area (Å²) in [5.41, 5.74) is 0.911. The fraction of sp³-hybridized carbons (Fsp3) is 0.227. The third-order valence-corrected chi connectivity index (χ3v) is 3.88. The van der Waals surface area contributed by atoms with Crippen molar-refractivity contribution in [2.45, 2.75) is 19.9 Å². The molecule has 0 atom stereocenters. The van der Waals surface area contributed by atoms with E-state index < -0.39 is 11.7 Å². The van der Waals surface area contributed by atoms with Crippen LogP contribution in [0.5, 0.6) is 0 Å². The number of nitrogens with one attached hydrogen (secondary N) is 1. The Labute approximate surface area is 180 Å². The molecule has 0 bridgehead atoms. The highest BCUT2D eigenvalue weighted by molar-refractivity contribution is 6.19. The highest BCUT2D eigenvalue weighted by Gasteiger charge is 2.14. The Morgan fingerprint density at radius 1 is 1.23 bits per heavy atom. The largest absolute Gasteiger partial charge is 0.350 e. The summed E-state index contributed by atoms with van der Waals surface area (Å²) in [6.45, 7) is 12.7. The van der Waals surface area contributed by atoms with E-state index in [2.05, 4.69) is 35.1 Å². The van der Waals surface area contributed by atoms with Crippen molar-refractivity contribution in [3.63, 3.8) is 0 Å². The summed E-state index contributed by atoms with van der Waals surface area (Å²) in [6, 6.07) is 0. The van der Waals surface area contributed by atoms with E-state index in [1.807, 2.05) is 6.92 Å². The maximum atomic E-state index is 13.6. The molecule has 0 spiro atoms. The van der Waals surface area contributed by atoms with Crippen LogP contribution in [0, 0.1) is 0 Å². The van der Waals surface area contributed by atoms with Crippen LogP contribution < -0.4 is 5.32 Å². The van der Waals surface area contributed by atoms with Gasteiger partial charge in [0.25, 0.3) is 0 Å². The number of aryl methyl sites for hydroxylation is 1. The second kappa shape index (κ2) is 13.2. The molecule has 0 aliphatic rings. The van der Waals surface area contributed by atoms with Crippen LogP contribution in [0.2, 0.25) is 0 Å². The van der Waals surface area contributed by atoms with Gasteiger partial charge in [-0.2, -0.15) is 5.10 Å². The molecule has 0 saturated carbocycles. The number of rotatable bonds is 12. The fourth-order valence-corrected chi connectivity index (χ4v) is 2.31. The molecule has 8 heteroatoms. The van der Waals surface area contributed by atoms with Crippen LogP contribution in [0.25, 0.3) is 5.57 Å². The van der Waals surface area contributed by atoms with Gasteiger partial charge in [-0.1, -0.05) is 51.0 Å². The minimum Gasteiger partial charge on any atom is -0.350 e. The maximum absolute atomic E-state index is 13.6. The predicted molar refractivity (Wildman–Crippen MR) is 118 cm³/mol. The Morgan fingerprint density at radius 2 is 1.93 bits per heavy atom. The van der Waals surface area contributed by atoms with Crippen LogP contribution in [0.3, 0.4) is 0 Å². The van der Waals surface area contributed by atoms with Gasteiger partial charge in [-0.25, -0.2) is 18.4 Å². The van der Waals surface area contributed by atoms with E-state index in [1.54, 1.807) is 6.08 Å². The highest BCUT2D eigenvalue weighted by atomic mass is 35.5. The first-order valence-electron chi connectivity index (χ1n) is 9.14. The van der Waals surface area contributed by atoms with E-state index in [0.29, 0.717) is 23.4 Å². The van der Waals surface area contributed by atoms with Crippen LogP contribution >= 0.6 is 11.6 Å². The molecule has 1 aromatic heterocycles. The van der Waals surface area contributed by atoms with E-state index >= 15 is 0 Å². The minimum absolute atomic E-state index is 0.0824. The molecule has 0 aliphatic heterocycles. The van der Waals surface area contributed by atoms with Gasteiger partial charge in [0.15, 0.2) is 5.82 Å². The number of halogens is 3. The molecule has 0 aliphatic carbocycles. The maximum Gasteiger partial charge on any atom is 0.242 e. The van der Waals surface area contributed by atoms with Gasteiger partial charge in [0.1, 0.15) is 24.0 Å². The highest BCUT2D eigenvalue weighted by Crippen LogP contribution is 2.17.